The van der Waals surface area contributed by atoms with E-state index in [1.54, 1.807) is 0 Å². The van der Waals surface area contributed by atoms with Gasteiger partial charge in [0.05, 0.1) is 6.61 Å². The summed E-state index contributed by atoms with van der Waals surface area (Å²) in [5.41, 5.74) is 5.14. The lowest BCUT2D eigenvalue weighted by molar-refractivity contribution is -0.139. The lowest BCUT2D eigenvalue weighted by atomic mass is 10.3. The number of aliphatic carboxylic acids is 1. The average molecular weight is 202 g/mol. The highest BCUT2D eigenvalue weighted by molar-refractivity contribution is 5.80. The van der Waals surface area contributed by atoms with Gasteiger partial charge in [-0.3, -0.25) is 0 Å². The predicted octanol–water partition coefficient (Wildman–Crippen LogP) is -0.465. The van der Waals surface area contributed by atoms with E-state index < -0.39 is 18.1 Å². The Morgan fingerprint density at radius 1 is 1.57 bits per heavy atom. The van der Waals surface area contributed by atoms with Gasteiger partial charge < -0.3 is 20.9 Å². The quantitative estimate of drug-likeness (QED) is 0.559. The van der Waals surface area contributed by atoms with Gasteiger partial charge in [0.15, 0.2) is 0 Å². The standard InChI is InChI=1S/C8H14N2O4/c9-3-6(7(11)12)10-8(13)14-4-5-1-2-5/h5-6H,1-4,9H2,(H,10,13)(H,11,12)/t6-/m0/s1. The maximum atomic E-state index is 11.0. The molecule has 1 atom stereocenters. The highest BCUT2D eigenvalue weighted by Crippen LogP contribution is 2.28. The Bertz CT molecular complexity index is 227. The van der Waals surface area contributed by atoms with Crippen molar-refractivity contribution in [1.82, 2.24) is 5.32 Å². The van der Waals surface area contributed by atoms with E-state index in [0.717, 1.165) is 12.8 Å². The molecule has 0 spiro atoms. The van der Waals surface area contributed by atoms with Crippen LogP contribution in [0.2, 0.25) is 0 Å². The van der Waals surface area contributed by atoms with Crippen molar-refractivity contribution in [3.05, 3.63) is 0 Å². The number of rotatable bonds is 5. The molecule has 0 aliphatic heterocycles. The fourth-order valence-corrected chi connectivity index (χ4v) is 0.883. The smallest absolute Gasteiger partial charge is 0.407 e. The number of carbonyl (C=O) groups is 2. The number of hydrogen-bond acceptors (Lipinski definition) is 4. The minimum absolute atomic E-state index is 0.145. The summed E-state index contributed by atoms with van der Waals surface area (Å²) in [6, 6.07) is -1.07. The number of carboxylic acids is 1. The molecular weight excluding hydrogens is 188 g/mol. The lowest BCUT2D eigenvalue weighted by Gasteiger charge is -2.11. The molecule has 6 heteroatoms. The molecule has 0 saturated heterocycles. The van der Waals surface area contributed by atoms with Crippen molar-refractivity contribution in [2.24, 2.45) is 11.7 Å². The fourth-order valence-electron chi connectivity index (χ4n) is 0.883. The van der Waals surface area contributed by atoms with Crippen LogP contribution in [-0.2, 0) is 9.53 Å². The Hall–Kier alpha value is -1.30. The van der Waals surface area contributed by atoms with Gasteiger partial charge in [-0.1, -0.05) is 0 Å². The number of carbonyl (C=O) groups excluding carboxylic acids is 1. The van der Waals surface area contributed by atoms with Crippen molar-refractivity contribution in [2.45, 2.75) is 18.9 Å². The van der Waals surface area contributed by atoms with Crippen LogP contribution < -0.4 is 11.1 Å². The summed E-state index contributed by atoms with van der Waals surface area (Å²) in [4.78, 5) is 21.5. The first-order chi connectivity index (χ1) is 6.63. The number of alkyl carbamates (subject to hydrolysis) is 1. The summed E-state index contributed by atoms with van der Waals surface area (Å²) >= 11 is 0. The van der Waals surface area contributed by atoms with Gasteiger partial charge in [-0.25, -0.2) is 9.59 Å². The number of nitrogens with one attached hydrogen (secondary N) is 1. The Kier molecular flexibility index (Phi) is 3.70. The molecule has 0 radical (unpaired) electrons. The third kappa shape index (κ3) is 3.61. The normalized spacial score (nSPS) is 17.2. The molecule has 6 nitrogen and oxygen atoms in total. The predicted molar refractivity (Wildman–Crippen MR) is 47.7 cm³/mol. The summed E-state index contributed by atoms with van der Waals surface area (Å²) in [6.07, 6.45) is 1.44. The van der Waals surface area contributed by atoms with Crippen LogP contribution in [0.15, 0.2) is 0 Å². The van der Waals surface area contributed by atoms with E-state index in [-0.39, 0.29) is 6.54 Å². The van der Waals surface area contributed by atoms with E-state index in [1.165, 1.54) is 0 Å². The Balaban J connectivity index is 2.19. The van der Waals surface area contributed by atoms with E-state index in [9.17, 15) is 9.59 Å². The van der Waals surface area contributed by atoms with E-state index in [1.807, 2.05) is 0 Å². The summed E-state index contributed by atoms with van der Waals surface area (Å²) < 4.78 is 4.78. The SMILES string of the molecule is NC[C@H](NC(=O)OCC1CC1)C(=O)O. The minimum atomic E-state index is -1.16. The first kappa shape index (κ1) is 10.8. The van der Waals surface area contributed by atoms with Crippen LogP contribution >= 0.6 is 0 Å². The number of hydrogen-bond donors (Lipinski definition) is 3. The Morgan fingerprint density at radius 2 is 2.21 bits per heavy atom. The number of carboxylic acid groups (broad SMARTS) is 1. The van der Waals surface area contributed by atoms with Crippen molar-refractivity contribution in [3.63, 3.8) is 0 Å². The van der Waals surface area contributed by atoms with Gasteiger partial charge in [0.1, 0.15) is 6.04 Å². The van der Waals surface area contributed by atoms with Gasteiger partial charge in [-0.05, 0) is 18.8 Å². The summed E-state index contributed by atoms with van der Waals surface area (Å²) in [6.45, 7) is 0.219. The molecule has 1 fully saturated rings. The molecule has 80 valence electrons. The summed E-state index contributed by atoms with van der Waals surface area (Å²) in [5.74, 6) is -0.697. The lowest BCUT2D eigenvalue weighted by Crippen LogP contribution is -2.46. The zero-order valence-corrected chi connectivity index (χ0v) is 7.73. The minimum Gasteiger partial charge on any atom is -0.480 e. The highest BCUT2D eigenvalue weighted by atomic mass is 16.5. The van der Waals surface area contributed by atoms with Gasteiger partial charge in [0, 0.05) is 6.54 Å². The average Bonchev–Trinajstić information content (AvgIpc) is 2.93. The maximum Gasteiger partial charge on any atom is 0.407 e. The molecular formula is C8H14N2O4. The second-order valence-corrected chi connectivity index (χ2v) is 3.31. The molecule has 0 aromatic carbocycles. The van der Waals surface area contributed by atoms with Gasteiger partial charge in [0.25, 0.3) is 0 Å². The van der Waals surface area contributed by atoms with Crippen LogP contribution in [0.4, 0.5) is 4.79 Å². The van der Waals surface area contributed by atoms with Gasteiger partial charge in [-0.2, -0.15) is 0 Å². The molecule has 0 heterocycles. The molecule has 0 aromatic heterocycles. The van der Waals surface area contributed by atoms with Gasteiger partial charge in [-0.15, -0.1) is 0 Å². The number of nitrogens with two attached hydrogens (primary N) is 1. The number of amides is 1. The van der Waals surface area contributed by atoms with Gasteiger partial charge >= 0.3 is 12.1 Å². The zero-order chi connectivity index (χ0) is 10.6. The maximum absolute atomic E-state index is 11.0. The van der Waals surface area contributed by atoms with Crippen LogP contribution in [0.5, 0.6) is 0 Å². The first-order valence-electron chi connectivity index (χ1n) is 4.49. The van der Waals surface area contributed by atoms with E-state index in [0.29, 0.717) is 12.5 Å². The van der Waals surface area contributed by atoms with Crippen LogP contribution in [0.25, 0.3) is 0 Å². The van der Waals surface area contributed by atoms with Crippen LogP contribution in [0, 0.1) is 5.92 Å². The third-order valence-electron chi connectivity index (χ3n) is 1.97. The molecule has 1 rings (SSSR count). The summed E-state index contributed by atoms with van der Waals surface area (Å²) in [5, 5.41) is 10.7. The molecule has 1 amide bonds. The van der Waals surface area contributed by atoms with Crippen LogP contribution in [0.3, 0.4) is 0 Å². The van der Waals surface area contributed by atoms with E-state index in [4.69, 9.17) is 15.6 Å². The third-order valence-corrected chi connectivity index (χ3v) is 1.97. The summed E-state index contributed by atoms with van der Waals surface area (Å²) in [7, 11) is 0. The Labute approximate surface area is 81.4 Å². The Morgan fingerprint density at radius 3 is 2.64 bits per heavy atom. The van der Waals surface area contributed by atoms with Crippen molar-refractivity contribution >= 4 is 12.1 Å². The van der Waals surface area contributed by atoms with Crippen molar-refractivity contribution in [1.29, 1.82) is 0 Å². The van der Waals surface area contributed by atoms with Crippen LogP contribution in [-0.4, -0.2) is 36.4 Å². The fraction of sp³-hybridized carbons (Fsp3) is 0.750. The topological polar surface area (TPSA) is 102 Å². The molecule has 1 aliphatic rings. The molecule has 1 saturated carbocycles. The highest BCUT2D eigenvalue weighted by Gasteiger charge is 2.24. The first-order valence-corrected chi connectivity index (χ1v) is 4.49. The zero-order valence-electron chi connectivity index (χ0n) is 7.73. The molecule has 1 aliphatic carbocycles. The molecule has 14 heavy (non-hydrogen) atoms. The van der Waals surface area contributed by atoms with Crippen molar-refractivity contribution in [3.8, 4) is 0 Å². The van der Waals surface area contributed by atoms with Crippen LogP contribution in [0.1, 0.15) is 12.8 Å². The molecule has 0 aromatic rings. The monoisotopic (exact) mass is 202 g/mol. The molecule has 0 unspecified atom stereocenters. The van der Waals surface area contributed by atoms with Crippen molar-refractivity contribution in [2.75, 3.05) is 13.2 Å². The molecule has 4 N–H and O–H groups in total. The van der Waals surface area contributed by atoms with E-state index >= 15 is 0 Å². The largest absolute Gasteiger partial charge is 0.480 e. The van der Waals surface area contributed by atoms with Crippen molar-refractivity contribution < 1.29 is 19.4 Å². The van der Waals surface area contributed by atoms with Gasteiger partial charge in [0.2, 0.25) is 0 Å². The molecule has 0 bridgehead atoms. The second kappa shape index (κ2) is 4.80. The number of ether oxygens (including phenoxy) is 1. The van der Waals surface area contributed by atoms with E-state index in [2.05, 4.69) is 5.32 Å². The second-order valence-electron chi connectivity index (χ2n) is 3.31.